The van der Waals surface area contributed by atoms with E-state index in [1.54, 1.807) is 0 Å². The van der Waals surface area contributed by atoms with Crippen LogP contribution in [0.15, 0.2) is 0 Å². The Bertz CT molecular complexity index is 251. The molecule has 1 heterocycles. The Morgan fingerprint density at radius 2 is 1.93 bits per heavy atom. The van der Waals surface area contributed by atoms with Crippen LogP contribution in [0.3, 0.4) is 0 Å². The third kappa shape index (κ3) is 3.17. The molecule has 1 radical (unpaired) electrons. The molecule has 0 aromatic carbocycles. The molecular weight excluding hydrogens is 204 g/mol. The van der Waals surface area contributed by atoms with Gasteiger partial charge in [-0.05, 0) is 0 Å². The average Bonchev–Trinajstić information content (AvgIpc) is 2.47. The maximum absolute atomic E-state index is 10.8. The number of hydrogen-bond donors (Lipinski definition) is 1. The molecule has 0 spiro atoms. The molecule has 0 bridgehead atoms. The van der Waals surface area contributed by atoms with E-state index in [2.05, 4.69) is 0 Å². The second kappa shape index (κ2) is 5.09. The summed E-state index contributed by atoms with van der Waals surface area (Å²) in [5, 5.41) is 8.92. The molecule has 0 unspecified atom stereocenters. The maximum Gasteiger partial charge on any atom is 0.303 e. The smallest absolute Gasteiger partial charge is 0.303 e. The van der Waals surface area contributed by atoms with Gasteiger partial charge in [0.15, 0.2) is 12.2 Å². The van der Waals surface area contributed by atoms with Crippen molar-refractivity contribution < 1.29 is 28.9 Å². The van der Waals surface area contributed by atoms with Gasteiger partial charge in [0.1, 0.15) is 12.7 Å². The zero-order valence-corrected chi connectivity index (χ0v) is 8.50. The fraction of sp³-hybridized carbons (Fsp3) is 0.667. The summed E-state index contributed by atoms with van der Waals surface area (Å²) in [5.74, 6) is -1.02. The fourth-order valence-corrected chi connectivity index (χ4v) is 1.31. The van der Waals surface area contributed by atoms with Crippen LogP contribution in [-0.2, 0) is 23.8 Å². The zero-order chi connectivity index (χ0) is 11.4. The van der Waals surface area contributed by atoms with Crippen molar-refractivity contribution in [1.82, 2.24) is 0 Å². The highest BCUT2D eigenvalue weighted by atomic mass is 16.6. The van der Waals surface area contributed by atoms with E-state index in [0.29, 0.717) is 0 Å². The van der Waals surface area contributed by atoms with E-state index in [0.717, 1.165) is 0 Å². The van der Waals surface area contributed by atoms with E-state index in [9.17, 15) is 9.59 Å². The molecule has 0 saturated carbocycles. The van der Waals surface area contributed by atoms with Crippen LogP contribution >= 0.6 is 0 Å². The average molecular weight is 217 g/mol. The molecule has 85 valence electrons. The largest absolute Gasteiger partial charge is 0.456 e. The quantitative estimate of drug-likeness (QED) is 0.636. The number of carbonyl (C=O) groups is 2. The molecule has 0 amide bonds. The molecule has 0 aromatic rings. The molecule has 1 aliphatic heterocycles. The van der Waals surface area contributed by atoms with Gasteiger partial charge in [0.25, 0.3) is 0 Å². The third-order valence-electron chi connectivity index (χ3n) is 1.86. The van der Waals surface area contributed by atoms with Crippen LogP contribution in [0.2, 0.25) is 0 Å². The van der Waals surface area contributed by atoms with Crippen molar-refractivity contribution in [2.75, 3.05) is 6.61 Å². The van der Waals surface area contributed by atoms with Crippen LogP contribution < -0.4 is 0 Å². The van der Waals surface area contributed by atoms with Gasteiger partial charge >= 0.3 is 11.9 Å². The number of esters is 2. The fourth-order valence-electron chi connectivity index (χ4n) is 1.31. The predicted octanol–water partition coefficient (Wildman–Crippen LogP) is -0.597. The summed E-state index contributed by atoms with van der Waals surface area (Å²) in [7, 11) is 0. The summed E-state index contributed by atoms with van der Waals surface area (Å²) in [6.45, 7) is 3.41. The third-order valence-corrected chi connectivity index (χ3v) is 1.86. The highest BCUT2D eigenvalue weighted by molar-refractivity contribution is 5.67. The Balaban J connectivity index is 2.62. The molecule has 1 aliphatic rings. The second-order valence-electron chi connectivity index (χ2n) is 3.14. The molecule has 1 rings (SSSR count). The van der Waals surface area contributed by atoms with Gasteiger partial charge in [-0.2, -0.15) is 0 Å². The number of aliphatic hydroxyl groups is 1. The highest BCUT2D eigenvalue weighted by Crippen LogP contribution is 2.23. The molecule has 0 aliphatic carbocycles. The van der Waals surface area contributed by atoms with Crippen molar-refractivity contribution in [2.45, 2.75) is 32.2 Å². The molecular formula is C9H13O6. The van der Waals surface area contributed by atoms with E-state index in [4.69, 9.17) is 19.3 Å². The minimum absolute atomic E-state index is 0.313. The number of aliphatic hydroxyl groups excluding tert-OH is 1. The monoisotopic (exact) mass is 217 g/mol. The maximum atomic E-state index is 10.8. The molecule has 1 saturated heterocycles. The first-order chi connectivity index (χ1) is 7.04. The van der Waals surface area contributed by atoms with Gasteiger partial charge in [0.05, 0.1) is 6.61 Å². The van der Waals surface area contributed by atoms with Crippen molar-refractivity contribution in [1.29, 1.82) is 0 Å². The summed E-state index contributed by atoms with van der Waals surface area (Å²) < 4.78 is 14.7. The zero-order valence-electron chi connectivity index (χ0n) is 8.50. The second-order valence-corrected chi connectivity index (χ2v) is 3.14. The topological polar surface area (TPSA) is 82.1 Å². The van der Waals surface area contributed by atoms with Crippen LogP contribution in [0, 0.1) is 6.61 Å². The first-order valence-electron chi connectivity index (χ1n) is 4.48. The van der Waals surface area contributed by atoms with Crippen LogP contribution in [0.5, 0.6) is 0 Å². The molecule has 1 fully saturated rings. The van der Waals surface area contributed by atoms with Crippen molar-refractivity contribution in [3.63, 3.8) is 0 Å². The minimum Gasteiger partial charge on any atom is -0.456 e. The van der Waals surface area contributed by atoms with E-state index >= 15 is 0 Å². The SMILES string of the molecule is CC(=O)O[C@H]1[C@H](OC(C)=O)[CH]O[C@@H]1CO. The van der Waals surface area contributed by atoms with Crippen LogP contribution in [0.25, 0.3) is 0 Å². The summed E-state index contributed by atoms with van der Waals surface area (Å²) in [5.41, 5.74) is 0. The van der Waals surface area contributed by atoms with Crippen molar-refractivity contribution >= 4 is 11.9 Å². The van der Waals surface area contributed by atoms with Crippen LogP contribution in [0.4, 0.5) is 0 Å². The van der Waals surface area contributed by atoms with Gasteiger partial charge in [-0.25, -0.2) is 0 Å². The Morgan fingerprint density at radius 3 is 2.40 bits per heavy atom. The molecule has 15 heavy (non-hydrogen) atoms. The number of carbonyl (C=O) groups excluding carboxylic acids is 2. The molecule has 3 atom stereocenters. The minimum atomic E-state index is -0.781. The predicted molar refractivity (Wildman–Crippen MR) is 47.4 cm³/mol. The molecule has 1 N–H and O–H groups in total. The van der Waals surface area contributed by atoms with Crippen molar-refractivity contribution in [3.05, 3.63) is 6.61 Å². The van der Waals surface area contributed by atoms with Gasteiger partial charge in [-0.15, -0.1) is 0 Å². The van der Waals surface area contributed by atoms with E-state index < -0.39 is 30.3 Å². The van der Waals surface area contributed by atoms with Gasteiger partial charge < -0.3 is 19.3 Å². The van der Waals surface area contributed by atoms with Gasteiger partial charge in [-0.1, -0.05) is 0 Å². The first-order valence-corrected chi connectivity index (χ1v) is 4.48. The lowest BCUT2D eigenvalue weighted by Crippen LogP contribution is -2.38. The van der Waals surface area contributed by atoms with E-state index in [1.807, 2.05) is 0 Å². The van der Waals surface area contributed by atoms with Gasteiger partial charge in [-0.3, -0.25) is 9.59 Å². The van der Waals surface area contributed by atoms with E-state index in [-0.39, 0.29) is 6.61 Å². The van der Waals surface area contributed by atoms with E-state index in [1.165, 1.54) is 20.5 Å². The molecule has 6 heteroatoms. The summed E-state index contributed by atoms with van der Waals surface area (Å²) in [6, 6.07) is 0. The lowest BCUT2D eigenvalue weighted by molar-refractivity contribution is -0.163. The Kier molecular flexibility index (Phi) is 4.05. The van der Waals surface area contributed by atoms with Crippen molar-refractivity contribution in [2.24, 2.45) is 0 Å². The lowest BCUT2D eigenvalue weighted by Gasteiger charge is -2.20. The Hall–Kier alpha value is -1.14. The summed E-state index contributed by atoms with van der Waals surface area (Å²) in [6.07, 6.45) is -2.22. The Morgan fingerprint density at radius 1 is 1.33 bits per heavy atom. The summed E-state index contributed by atoms with van der Waals surface area (Å²) >= 11 is 0. The highest BCUT2D eigenvalue weighted by Gasteiger charge is 2.42. The lowest BCUT2D eigenvalue weighted by atomic mass is 10.1. The van der Waals surface area contributed by atoms with Crippen LogP contribution in [0.1, 0.15) is 13.8 Å². The number of ether oxygens (including phenoxy) is 3. The Labute approximate surface area is 87.1 Å². The van der Waals surface area contributed by atoms with Gasteiger partial charge in [0, 0.05) is 13.8 Å². The van der Waals surface area contributed by atoms with Gasteiger partial charge in [0.2, 0.25) is 0 Å². The first kappa shape index (κ1) is 11.9. The number of hydrogen-bond acceptors (Lipinski definition) is 6. The standard InChI is InChI=1S/C9H13O6/c1-5(11)14-8-4-13-7(3-10)9(8)15-6(2)12/h4,7-10H,3H2,1-2H3/t7-,8-,9-/m1/s1. The van der Waals surface area contributed by atoms with Crippen LogP contribution in [-0.4, -0.2) is 42.0 Å². The van der Waals surface area contributed by atoms with Crippen molar-refractivity contribution in [3.8, 4) is 0 Å². The number of rotatable bonds is 3. The normalized spacial score (nSPS) is 29.9. The molecule has 6 nitrogen and oxygen atoms in total. The molecule has 0 aromatic heterocycles. The summed E-state index contributed by atoms with van der Waals surface area (Å²) in [4.78, 5) is 21.5.